The fraction of sp³-hybridized carbons (Fsp3) is 0.812. The zero-order valence-electron chi connectivity index (χ0n) is 14.3. The molecule has 6 nitrogen and oxygen atoms in total. The van der Waals surface area contributed by atoms with E-state index in [0.717, 1.165) is 36.7 Å². The van der Waals surface area contributed by atoms with Crippen LogP contribution in [-0.2, 0) is 16.6 Å². The molecule has 1 saturated carbocycles. The van der Waals surface area contributed by atoms with E-state index in [9.17, 15) is 8.42 Å². The van der Waals surface area contributed by atoms with E-state index < -0.39 is 10.0 Å². The maximum absolute atomic E-state index is 12.5. The van der Waals surface area contributed by atoms with E-state index in [0.29, 0.717) is 30.7 Å². The highest BCUT2D eigenvalue weighted by Crippen LogP contribution is 2.37. The Kier molecular flexibility index (Phi) is 4.80. The molecule has 3 rings (SSSR count). The molecule has 130 valence electrons. The lowest BCUT2D eigenvalue weighted by Gasteiger charge is -2.34. The smallest absolute Gasteiger partial charge is 0.214 e. The molecule has 2 fully saturated rings. The molecule has 0 amide bonds. The van der Waals surface area contributed by atoms with Gasteiger partial charge in [0.1, 0.15) is 5.76 Å². The van der Waals surface area contributed by atoms with E-state index in [1.54, 1.807) is 4.31 Å². The number of hydrogen-bond donors (Lipinski definition) is 0. The van der Waals surface area contributed by atoms with Gasteiger partial charge in [0.15, 0.2) is 0 Å². The molecule has 1 aliphatic carbocycles. The standard InChI is InChI=1S/C16H27N3O3S/c1-12(15-4-5-15)11-23(20,21)19-8-6-18(7-9-19)10-16-13(2)17-22-14(16)3/h12,15H,4-11H2,1-3H3. The predicted octanol–water partition coefficient (Wildman–Crippen LogP) is 1.78. The highest BCUT2D eigenvalue weighted by Gasteiger charge is 2.34. The average Bonchev–Trinajstić information content (AvgIpc) is 3.30. The summed E-state index contributed by atoms with van der Waals surface area (Å²) in [5.41, 5.74) is 2.06. The van der Waals surface area contributed by atoms with Crippen molar-refractivity contribution in [2.24, 2.45) is 11.8 Å². The summed E-state index contributed by atoms with van der Waals surface area (Å²) in [5, 5.41) is 3.98. The van der Waals surface area contributed by atoms with Gasteiger partial charge in [0, 0.05) is 38.3 Å². The first-order valence-electron chi connectivity index (χ1n) is 8.49. The van der Waals surface area contributed by atoms with Crippen molar-refractivity contribution in [3.05, 3.63) is 17.0 Å². The highest BCUT2D eigenvalue weighted by molar-refractivity contribution is 7.89. The molecule has 1 aromatic heterocycles. The van der Waals surface area contributed by atoms with Crippen LogP contribution in [0.4, 0.5) is 0 Å². The van der Waals surface area contributed by atoms with Crippen molar-refractivity contribution >= 4 is 10.0 Å². The van der Waals surface area contributed by atoms with Crippen LogP contribution in [0.15, 0.2) is 4.52 Å². The third-order valence-electron chi connectivity index (χ3n) is 5.19. The molecular formula is C16H27N3O3S. The number of nitrogens with zero attached hydrogens (tertiary/aromatic N) is 3. The number of hydrogen-bond acceptors (Lipinski definition) is 5. The lowest BCUT2D eigenvalue weighted by atomic mass is 10.1. The molecule has 1 saturated heterocycles. The number of sulfonamides is 1. The van der Waals surface area contributed by atoms with E-state index >= 15 is 0 Å². The van der Waals surface area contributed by atoms with Gasteiger partial charge >= 0.3 is 0 Å². The Hall–Kier alpha value is -0.920. The van der Waals surface area contributed by atoms with E-state index in [1.165, 1.54) is 12.8 Å². The van der Waals surface area contributed by atoms with E-state index in [1.807, 2.05) is 13.8 Å². The lowest BCUT2D eigenvalue weighted by molar-refractivity contribution is 0.180. The van der Waals surface area contributed by atoms with Crippen LogP contribution in [0.1, 0.15) is 36.8 Å². The summed E-state index contributed by atoms with van der Waals surface area (Å²) in [6.45, 7) is 9.44. The minimum Gasteiger partial charge on any atom is -0.361 e. The van der Waals surface area contributed by atoms with Gasteiger partial charge in [0.25, 0.3) is 0 Å². The third kappa shape index (κ3) is 3.95. The van der Waals surface area contributed by atoms with Gasteiger partial charge in [-0.15, -0.1) is 0 Å². The second kappa shape index (κ2) is 6.53. The summed E-state index contributed by atoms with van der Waals surface area (Å²) in [6, 6.07) is 0. The highest BCUT2D eigenvalue weighted by atomic mass is 32.2. The topological polar surface area (TPSA) is 66.7 Å². The van der Waals surface area contributed by atoms with Crippen LogP contribution in [0, 0.1) is 25.7 Å². The zero-order chi connectivity index (χ0) is 16.6. The Labute approximate surface area is 138 Å². The van der Waals surface area contributed by atoms with Gasteiger partial charge in [0.2, 0.25) is 10.0 Å². The third-order valence-corrected chi connectivity index (χ3v) is 7.29. The SMILES string of the molecule is Cc1noc(C)c1CN1CCN(S(=O)(=O)CC(C)C2CC2)CC1. The number of aromatic nitrogens is 1. The van der Waals surface area contributed by atoms with E-state index in [2.05, 4.69) is 17.0 Å². The van der Waals surface area contributed by atoms with E-state index in [-0.39, 0.29) is 0 Å². The Bertz CT molecular complexity index is 624. The van der Waals surface area contributed by atoms with E-state index in [4.69, 9.17) is 4.52 Å². The largest absolute Gasteiger partial charge is 0.361 e. The van der Waals surface area contributed by atoms with Crippen LogP contribution in [0.5, 0.6) is 0 Å². The van der Waals surface area contributed by atoms with Crippen molar-refractivity contribution < 1.29 is 12.9 Å². The second-order valence-corrected chi connectivity index (χ2v) is 9.08. The monoisotopic (exact) mass is 341 g/mol. The summed E-state index contributed by atoms with van der Waals surface area (Å²) in [4.78, 5) is 2.28. The fourth-order valence-corrected chi connectivity index (χ4v) is 5.22. The van der Waals surface area contributed by atoms with Crippen LogP contribution in [-0.4, -0.2) is 54.7 Å². The van der Waals surface area contributed by atoms with Crippen molar-refractivity contribution in [3.8, 4) is 0 Å². The first kappa shape index (κ1) is 16.9. The zero-order valence-corrected chi connectivity index (χ0v) is 15.1. The summed E-state index contributed by atoms with van der Waals surface area (Å²) in [6.07, 6.45) is 2.39. The van der Waals surface area contributed by atoms with Crippen LogP contribution in [0.3, 0.4) is 0 Å². The van der Waals surface area contributed by atoms with Crippen LogP contribution < -0.4 is 0 Å². The molecule has 1 unspecified atom stereocenters. The van der Waals surface area contributed by atoms with Gasteiger partial charge in [-0.1, -0.05) is 12.1 Å². The van der Waals surface area contributed by atoms with Gasteiger partial charge in [-0.05, 0) is 38.5 Å². The van der Waals surface area contributed by atoms with Crippen molar-refractivity contribution in [2.45, 2.75) is 40.2 Å². The fourth-order valence-electron chi connectivity index (χ4n) is 3.36. The summed E-state index contributed by atoms with van der Waals surface area (Å²) in [7, 11) is -3.11. The molecule has 1 aliphatic heterocycles. The van der Waals surface area contributed by atoms with Crippen LogP contribution in [0.25, 0.3) is 0 Å². The van der Waals surface area contributed by atoms with Crippen molar-refractivity contribution in [3.63, 3.8) is 0 Å². The molecule has 0 radical (unpaired) electrons. The van der Waals surface area contributed by atoms with Gasteiger partial charge in [-0.3, -0.25) is 4.90 Å². The first-order chi connectivity index (χ1) is 10.9. The Balaban J connectivity index is 1.53. The quantitative estimate of drug-likeness (QED) is 0.789. The summed E-state index contributed by atoms with van der Waals surface area (Å²) >= 11 is 0. The number of piperazine rings is 1. The molecule has 0 bridgehead atoms. The van der Waals surface area contributed by atoms with Crippen molar-refractivity contribution in [1.29, 1.82) is 0 Å². The number of aryl methyl sites for hydroxylation is 2. The Morgan fingerprint density at radius 1 is 1.22 bits per heavy atom. The summed E-state index contributed by atoms with van der Waals surface area (Å²) < 4.78 is 32.0. The van der Waals surface area contributed by atoms with Crippen LogP contribution in [0.2, 0.25) is 0 Å². The molecule has 7 heteroatoms. The molecule has 1 aromatic rings. The lowest BCUT2D eigenvalue weighted by Crippen LogP contribution is -2.49. The van der Waals surface area contributed by atoms with Gasteiger partial charge in [-0.2, -0.15) is 4.31 Å². The molecule has 0 aromatic carbocycles. The molecule has 1 atom stereocenters. The maximum Gasteiger partial charge on any atom is 0.214 e. The molecule has 2 heterocycles. The van der Waals surface area contributed by atoms with Gasteiger partial charge < -0.3 is 4.52 Å². The Morgan fingerprint density at radius 3 is 2.39 bits per heavy atom. The summed E-state index contributed by atoms with van der Waals surface area (Å²) in [5.74, 6) is 2.09. The minimum atomic E-state index is -3.11. The predicted molar refractivity (Wildman–Crippen MR) is 88.5 cm³/mol. The molecule has 2 aliphatic rings. The van der Waals surface area contributed by atoms with Gasteiger partial charge in [0.05, 0.1) is 11.4 Å². The Morgan fingerprint density at radius 2 is 1.87 bits per heavy atom. The molecule has 0 N–H and O–H groups in total. The normalized spacial score (nSPS) is 22.4. The average molecular weight is 341 g/mol. The first-order valence-corrected chi connectivity index (χ1v) is 10.1. The van der Waals surface area contributed by atoms with Gasteiger partial charge in [-0.25, -0.2) is 8.42 Å². The van der Waals surface area contributed by atoms with Crippen LogP contribution >= 0.6 is 0 Å². The second-order valence-electron chi connectivity index (χ2n) is 7.07. The van der Waals surface area contributed by atoms with Crippen molar-refractivity contribution in [2.75, 3.05) is 31.9 Å². The maximum atomic E-state index is 12.5. The molecule has 0 spiro atoms. The molecule has 23 heavy (non-hydrogen) atoms. The minimum absolute atomic E-state index is 0.292. The molecular weight excluding hydrogens is 314 g/mol. The number of rotatable bonds is 6. The van der Waals surface area contributed by atoms with Crippen molar-refractivity contribution in [1.82, 2.24) is 14.4 Å².